The van der Waals surface area contributed by atoms with E-state index in [2.05, 4.69) is 20.9 Å². The van der Waals surface area contributed by atoms with Gasteiger partial charge in [0.05, 0.1) is 6.54 Å². The van der Waals surface area contributed by atoms with E-state index in [-0.39, 0.29) is 18.4 Å². The number of H-pyrrole nitrogens is 1. The van der Waals surface area contributed by atoms with Gasteiger partial charge in [0, 0.05) is 37.0 Å². The summed E-state index contributed by atoms with van der Waals surface area (Å²) in [6.45, 7) is 3.94. The lowest BCUT2D eigenvalue weighted by Gasteiger charge is -2.39. The molecule has 9 nitrogen and oxygen atoms in total. The number of carbonyl (C=O) groups is 4. The number of nitrogens with zero attached hydrogens (tertiary/aromatic N) is 1. The van der Waals surface area contributed by atoms with E-state index in [1.165, 1.54) is 6.92 Å². The van der Waals surface area contributed by atoms with Crippen LogP contribution in [0.4, 0.5) is 4.79 Å². The lowest BCUT2D eigenvalue weighted by Crippen LogP contribution is -2.62. The minimum absolute atomic E-state index is 0.0898. The SMILES string of the molecule is CC(=O)NC(Cc1c[nH]c2c(C)cccc12)C(=O)N1CCCC2(C1)NC(=O)NC2=O. The summed E-state index contributed by atoms with van der Waals surface area (Å²) in [6.07, 6.45) is 3.24. The molecule has 3 heterocycles. The number of nitrogens with one attached hydrogen (secondary N) is 4. The van der Waals surface area contributed by atoms with E-state index in [1.807, 2.05) is 31.3 Å². The number of piperidine rings is 1. The Morgan fingerprint density at radius 2 is 2.10 bits per heavy atom. The second-order valence-corrected chi connectivity index (χ2v) is 8.12. The number of carbonyl (C=O) groups excluding carboxylic acids is 4. The van der Waals surface area contributed by atoms with Crippen LogP contribution in [0.2, 0.25) is 0 Å². The summed E-state index contributed by atoms with van der Waals surface area (Å²) in [5.41, 5.74) is 1.94. The number of amides is 5. The molecule has 2 aliphatic rings. The summed E-state index contributed by atoms with van der Waals surface area (Å²) >= 11 is 0. The molecule has 2 fully saturated rings. The Labute approximate surface area is 173 Å². The largest absolute Gasteiger partial charge is 0.361 e. The first-order valence-corrected chi connectivity index (χ1v) is 10.0. The Bertz CT molecular complexity index is 1050. The van der Waals surface area contributed by atoms with Gasteiger partial charge in [-0.15, -0.1) is 0 Å². The van der Waals surface area contributed by atoms with Crippen molar-refractivity contribution in [3.8, 4) is 0 Å². The first-order chi connectivity index (χ1) is 14.3. The topological polar surface area (TPSA) is 123 Å². The third kappa shape index (κ3) is 3.51. The molecular weight excluding hydrogens is 386 g/mol. The third-order valence-corrected chi connectivity index (χ3v) is 5.93. The van der Waals surface area contributed by atoms with E-state index in [0.717, 1.165) is 22.0 Å². The summed E-state index contributed by atoms with van der Waals surface area (Å²) in [7, 11) is 0. The number of hydrogen-bond acceptors (Lipinski definition) is 4. The molecular formula is C21H25N5O4. The Kier molecular flexibility index (Phi) is 4.97. The van der Waals surface area contributed by atoms with Crippen molar-refractivity contribution in [3.05, 3.63) is 35.5 Å². The summed E-state index contributed by atoms with van der Waals surface area (Å²) in [4.78, 5) is 53.9. The second-order valence-electron chi connectivity index (χ2n) is 8.12. The molecule has 158 valence electrons. The fourth-order valence-electron chi connectivity index (χ4n) is 4.48. The summed E-state index contributed by atoms with van der Waals surface area (Å²) in [5, 5.41) is 8.70. The van der Waals surface area contributed by atoms with Gasteiger partial charge in [0.25, 0.3) is 5.91 Å². The first kappa shape index (κ1) is 19.9. The van der Waals surface area contributed by atoms with Gasteiger partial charge in [-0.3, -0.25) is 19.7 Å². The quantitative estimate of drug-likeness (QED) is 0.554. The predicted molar refractivity (Wildman–Crippen MR) is 110 cm³/mol. The Hall–Kier alpha value is -3.36. The maximum Gasteiger partial charge on any atom is 0.322 e. The maximum absolute atomic E-state index is 13.3. The summed E-state index contributed by atoms with van der Waals surface area (Å²) < 4.78 is 0. The van der Waals surface area contributed by atoms with Crippen LogP contribution < -0.4 is 16.0 Å². The van der Waals surface area contributed by atoms with Gasteiger partial charge in [-0.2, -0.15) is 0 Å². The molecule has 4 N–H and O–H groups in total. The molecule has 30 heavy (non-hydrogen) atoms. The molecule has 4 rings (SSSR count). The number of rotatable bonds is 4. The lowest BCUT2D eigenvalue weighted by atomic mass is 9.88. The lowest BCUT2D eigenvalue weighted by molar-refractivity contribution is -0.140. The highest BCUT2D eigenvalue weighted by molar-refractivity contribution is 6.07. The van der Waals surface area contributed by atoms with Crippen molar-refractivity contribution < 1.29 is 19.2 Å². The maximum atomic E-state index is 13.3. The summed E-state index contributed by atoms with van der Waals surface area (Å²) in [6, 6.07) is 4.64. The van der Waals surface area contributed by atoms with Crippen molar-refractivity contribution in [2.75, 3.05) is 13.1 Å². The van der Waals surface area contributed by atoms with Gasteiger partial charge >= 0.3 is 6.03 Å². The van der Waals surface area contributed by atoms with Crippen molar-refractivity contribution in [1.82, 2.24) is 25.8 Å². The van der Waals surface area contributed by atoms with Crippen LogP contribution in [0.25, 0.3) is 10.9 Å². The molecule has 0 aliphatic carbocycles. The van der Waals surface area contributed by atoms with Crippen LogP contribution in [0.5, 0.6) is 0 Å². The fraction of sp³-hybridized carbons (Fsp3) is 0.429. The molecule has 0 bridgehead atoms. The van der Waals surface area contributed by atoms with Crippen molar-refractivity contribution in [3.63, 3.8) is 0 Å². The van der Waals surface area contributed by atoms with Gasteiger partial charge in [0.2, 0.25) is 11.8 Å². The van der Waals surface area contributed by atoms with Gasteiger partial charge in [0.1, 0.15) is 11.6 Å². The van der Waals surface area contributed by atoms with E-state index in [1.54, 1.807) is 4.90 Å². The number of para-hydroxylation sites is 1. The van der Waals surface area contributed by atoms with Crippen molar-refractivity contribution in [2.24, 2.45) is 0 Å². The average Bonchev–Trinajstić information content (AvgIpc) is 3.22. The number of aryl methyl sites for hydroxylation is 1. The van der Waals surface area contributed by atoms with E-state index in [0.29, 0.717) is 25.8 Å². The number of aromatic nitrogens is 1. The van der Waals surface area contributed by atoms with Gasteiger partial charge in [-0.1, -0.05) is 18.2 Å². The Morgan fingerprint density at radius 1 is 1.30 bits per heavy atom. The van der Waals surface area contributed by atoms with Gasteiger partial charge in [0.15, 0.2) is 0 Å². The molecule has 1 spiro atoms. The minimum Gasteiger partial charge on any atom is -0.361 e. The second kappa shape index (κ2) is 7.47. The van der Waals surface area contributed by atoms with Gasteiger partial charge in [-0.25, -0.2) is 4.79 Å². The zero-order valence-corrected chi connectivity index (χ0v) is 17.0. The number of likely N-dealkylation sites (tertiary alicyclic amines) is 1. The zero-order chi connectivity index (χ0) is 21.5. The Morgan fingerprint density at radius 3 is 2.80 bits per heavy atom. The van der Waals surface area contributed by atoms with E-state index in [9.17, 15) is 19.2 Å². The van der Waals surface area contributed by atoms with Crippen molar-refractivity contribution in [2.45, 2.75) is 44.7 Å². The van der Waals surface area contributed by atoms with Crippen LogP contribution in [0.1, 0.15) is 30.9 Å². The normalized spacial score (nSPS) is 22.1. The molecule has 2 aliphatic heterocycles. The van der Waals surface area contributed by atoms with E-state index in [4.69, 9.17) is 0 Å². The van der Waals surface area contributed by atoms with Crippen LogP contribution in [0.15, 0.2) is 24.4 Å². The van der Waals surface area contributed by atoms with Crippen LogP contribution in [0, 0.1) is 6.92 Å². The molecule has 9 heteroatoms. The van der Waals surface area contributed by atoms with Crippen LogP contribution in [-0.2, 0) is 20.8 Å². The predicted octanol–water partition coefficient (Wildman–Crippen LogP) is 0.724. The number of urea groups is 1. The number of aromatic amines is 1. The van der Waals surface area contributed by atoms with E-state index < -0.39 is 23.5 Å². The molecule has 0 saturated carbocycles. The van der Waals surface area contributed by atoms with E-state index >= 15 is 0 Å². The zero-order valence-electron chi connectivity index (χ0n) is 17.0. The van der Waals surface area contributed by atoms with Crippen molar-refractivity contribution >= 4 is 34.7 Å². The molecule has 5 amide bonds. The number of hydrogen-bond donors (Lipinski definition) is 4. The van der Waals surface area contributed by atoms with Crippen LogP contribution in [0.3, 0.4) is 0 Å². The van der Waals surface area contributed by atoms with Crippen LogP contribution >= 0.6 is 0 Å². The highest BCUT2D eigenvalue weighted by atomic mass is 16.2. The standard InChI is InChI=1S/C21H25N5O4/c1-12-5-3-6-15-14(10-22-17(12)15)9-16(23-13(2)27)18(28)26-8-4-7-21(11-26)19(29)24-20(30)25-21/h3,5-6,10,16,22H,4,7-9,11H2,1-2H3,(H,23,27)(H2,24,25,29,30). The molecule has 1 aromatic heterocycles. The number of fused-ring (bicyclic) bond motifs is 1. The fourth-order valence-corrected chi connectivity index (χ4v) is 4.48. The first-order valence-electron chi connectivity index (χ1n) is 10.0. The van der Waals surface area contributed by atoms with Gasteiger partial charge in [-0.05, 0) is 30.9 Å². The van der Waals surface area contributed by atoms with Gasteiger partial charge < -0.3 is 20.5 Å². The monoisotopic (exact) mass is 411 g/mol. The molecule has 0 radical (unpaired) electrons. The number of benzene rings is 1. The Balaban J connectivity index is 1.58. The minimum atomic E-state index is -1.09. The van der Waals surface area contributed by atoms with Crippen molar-refractivity contribution in [1.29, 1.82) is 0 Å². The third-order valence-electron chi connectivity index (χ3n) is 5.93. The highest BCUT2D eigenvalue weighted by Gasteiger charge is 2.50. The van der Waals surface area contributed by atoms with Crippen LogP contribution in [-0.4, -0.2) is 58.3 Å². The molecule has 2 atom stereocenters. The summed E-state index contributed by atoms with van der Waals surface area (Å²) in [5.74, 6) is -0.976. The smallest absolute Gasteiger partial charge is 0.322 e. The molecule has 2 unspecified atom stereocenters. The molecule has 2 aromatic rings. The molecule has 1 aromatic carbocycles. The number of imide groups is 1. The highest BCUT2D eigenvalue weighted by Crippen LogP contribution is 2.26. The average molecular weight is 411 g/mol. The molecule has 2 saturated heterocycles.